The van der Waals surface area contributed by atoms with Crippen LogP contribution in [0.3, 0.4) is 0 Å². The number of halogens is 1. The molecule has 2 atom stereocenters. The molecule has 1 N–H and O–H groups in total. The fourth-order valence-corrected chi connectivity index (χ4v) is 1.96. The third-order valence-corrected chi connectivity index (χ3v) is 3.12. The summed E-state index contributed by atoms with van der Waals surface area (Å²) in [4.78, 5) is 0. The van der Waals surface area contributed by atoms with Gasteiger partial charge in [0.25, 0.3) is 0 Å². The Morgan fingerprint density at radius 1 is 1.38 bits per heavy atom. The Balaban J connectivity index is 2.12. The van der Waals surface area contributed by atoms with E-state index in [9.17, 15) is 4.39 Å². The fourth-order valence-electron chi connectivity index (χ4n) is 1.96. The van der Waals surface area contributed by atoms with Crippen molar-refractivity contribution in [3.05, 3.63) is 48.3 Å². The molecule has 0 spiro atoms. The van der Waals surface area contributed by atoms with Gasteiger partial charge in [-0.3, -0.25) is 0 Å². The molecule has 1 aromatic rings. The molecule has 1 saturated carbocycles. The third kappa shape index (κ3) is 2.70. The van der Waals surface area contributed by atoms with E-state index in [1.54, 1.807) is 0 Å². The molecule has 1 fully saturated rings. The Hall–Kier alpha value is -1.15. The normalized spacial score (nSPS) is 19.1. The monoisotopic (exact) mass is 219 g/mol. The minimum absolute atomic E-state index is 0.171. The zero-order valence-electron chi connectivity index (χ0n) is 9.62. The van der Waals surface area contributed by atoms with Crippen LogP contribution in [0.2, 0.25) is 0 Å². The number of benzene rings is 1. The zero-order chi connectivity index (χ0) is 11.5. The van der Waals surface area contributed by atoms with Gasteiger partial charge >= 0.3 is 0 Å². The van der Waals surface area contributed by atoms with Crippen molar-refractivity contribution in [1.29, 1.82) is 0 Å². The predicted molar refractivity (Wildman–Crippen MR) is 64.7 cm³/mol. The Labute approximate surface area is 96.4 Å². The standard InChI is InChI=1S/C14H18FN/c1-3-10(2)16-14(11-4-5-11)12-6-8-13(15)9-7-12/h3,6-11,14,16H,1,4-5H2,2H3. The van der Waals surface area contributed by atoms with Crippen LogP contribution in [0.5, 0.6) is 0 Å². The van der Waals surface area contributed by atoms with Gasteiger partial charge in [-0.2, -0.15) is 0 Å². The molecule has 1 nitrogen and oxygen atoms in total. The summed E-state index contributed by atoms with van der Waals surface area (Å²) in [5, 5.41) is 3.52. The van der Waals surface area contributed by atoms with E-state index >= 15 is 0 Å². The van der Waals surface area contributed by atoms with Gasteiger partial charge in [-0.15, -0.1) is 6.58 Å². The highest BCUT2D eigenvalue weighted by Gasteiger charge is 2.32. The fraction of sp³-hybridized carbons (Fsp3) is 0.429. The van der Waals surface area contributed by atoms with Crippen LogP contribution < -0.4 is 5.32 Å². The summed E-state index contributed by atoms with van der Waals surface area (Å²) >= 11 is 0. The van der Waals surface area contributed by atoms with E-state index in [1.807, 2.05) is 18.2 Å². The van der Waals surface area contributed by atoms with Gasteiger partial charge in [0.1, 0.15) is 5.82 Å². The molecule has 86 valence electrons. The molecule has 2 unspecified atom stereocenters. The van der Waals surface area contributed by atoms with Crippen molar-refractivity contribution in [2.75, 3.05) is 0 Å². The van der Waals surface area contributed by atoms with Crippen LogP contribution in [0.15, 0.2) is 36.9 Å². The topological polar surface area (TPSA) is 12.0 Å². The van der Waals surface area contributed by atoms with Gasteiger partial charge in [0, 0.05) is 12.1 Å². The smallest absolute Gasteiger partial charge is 0.123 e. The van der Waals surface area contributed by atoms with E-state index in [1.165, 1.54) is 30.5 Å². The van der Waals surface area contributed by atoms with E-state index < -0.39 is 0 Å². The lowest BCUT2D eigenvalue weighted by Crippen LogP contribution is -2.30. The molecule has 0 aromatic heterocycles. The quantitative estimate of drug-likeness (QED) is 0.748. The Bertz CT molecular complexity index is 354. The first-order chi connectivity index (χ1) is 7.70. The van der Waals surface area contributed by atoms with Crippen LogP contribution in [0, 0.1) is 11.7 Å². The second kappa shape index (κ2) is 4.79. The van der Waals surface area contributed by atoms with Gasteiger partial charge in [0.15, 0.2) is 0 Å². The minimum Gasteiger partial charge on any atom is -0.304 e. The van der Waals surface area contributed by atoms with Gasteiger partial charge in [-0.05, 0) is 43.4 Å². The van der Waals surface area contributed by atoms with E-state index in [0.29, 0.717) is 12.0 Å². The SMILES string of the molecule is C=CC(C)NC(c1ccc(F)cc1)C1CC1. The molecule has 0 aliphatic heterocycles. The van der Waals surface area contributed by atoms with Crippen molar-refractivity contribution < 1.29 is 4.39 Å². The van der Waals surface area contributed by atoms with Gasteiger partial charge in [-0.25, -0.2) is 4.39 Å². The highest BCUT2D eigenvalue weighted by atomic mass is 19.1. The summed E-state index contributed by atoms with van der Waals surface area (Å²) in [5.41, 5.74) is 1.18. The molecular weight excluding hydrogens is 201 g/mol. The van der Waals surface area contributed by atoms with Gasteiger partial charge in [0.2, 0.25) is 0 Å². The van der Waals surface area contributed by atoms with Crippen LogP contribution in [-0.2, 0) is 0 Å². The first-order valence-electron chi connectivity index (χ1n) is 5.85. The first kappa shape index (κ1) is 11.3. The van der Waals surface area contributed by atoms with Crippen molar-refractivity contribution in [1.82, 2.24) is 5.32 Å². The summed E-state index contributed by atoms with van der Waals surface area (Å²) in [6, 6.07) is 7.45. The number of hydrogen-bond acceptors (Lipinski definition) is 1. The summed E-state index contributed by atoms with van der Waals surface area (Å²) in [6.45, 7) is 5.87. The first-order valence-corrected chi connectivity index (χ1v) is 5.85. The minimum atomic E-state index is -0.171. The number of nitrogens with one attached hydrogen (secondary N) is 1. The largest absolute Gasteiger partial charge is 0.304 e. The molecule has 2 rings (SSSR count). The van der Waals surface area contributed by atoms with Crippen molar-refractivity contribution >= 4 is 0 Å². The Kier molecular flexibility index (Phi) is 3.39. The maximum Gasteiger partial charge on any atom is 0.123 e. The van der Waals surface area contributed by atoms with Crippen molar-refractivity contribution in [3.63, 3.8) is 0 Å². The molecular formula is C14H18FN. The summed E-state index contributed by atoms with van der Waals surface area (Å²) in [6.07, 6.45) is 4.43. The van der Waals surface area contributed by atoms with Crippen LogP contribution in [0.4, 0.5) is 4.39 Å². The second-order valence-corrected chi connectivity index (χ2v) is 4.56. The number of hydrogen-bond donors (Lipinski definition) is 1. The Morgan fingerprint density at radius 3 is 2.50 bits per heavy atom. The van der Waals surface area contributed by atoms with Crippen LogP contribution in [0.1, 0.15) is 31.4 Å². The van der Waals surface area contributed by atoms with Crippen molar-refractivity contribution in [2.45, 2.75) is 31.8 Å². The third-order valence-electron chi connectivity index (χ3n) is 3.12. The molecule has 1 aliphatic rings. The highest BCUT2D eigenvalue weighted by Crippen LogP contribution is 2.41. The molecule has 2 heteroatoms. The van der Waals surface area contributed by atoms with Gasteiger partial charge < -0.3 is 5.32 Å². The maximum atomic E-state index is 12.9. The van der Waals surface area contributed by atoms with Gasteiger partial charge in [-0.1, -0.05) is 18.2 Å². The summed E-state index contributed by atoms with van der Waals surface area (Å²) in [5.74, 6) is 0.530. The molecule has 16 heavy (non-hydrogen) atoms. The molecule has 1 aromatic carbocycles. The molecule has 0 amide bonds. The summed E-state index contributed by atoms with van der Waals surface area (Å²) < 4.78 is 12.9. The van der Waals surface area contributed by atoms with Crippen LogP contribution in [-0.4, -0.2) is 6.04 Å². The molecule has 0 bridgehead atoms. The number of rotatable bonds is 5. The van der Waals surface area contributed by atoms with Crippen LogP contribution >= 0.6 is 0 Å². The molecule has 1 aliphatic carbocycles. The van der Waals surface area contributed by atoms with E-state index in [2.05, 4.69) is 18.8 Å². The summed E-state index contributed by atoms with van der Waals surface area (Å²) in [7, 11) is 0. The van der Waals surface area contributed by atoms with E-state index in [-0.39, 0.29) is 11.9 Å². The average molecular weight is 219 g/mol. The lowest BCUT2D eigenvalue weighted by atomic mass is 10.0. The Morgan fingerprint density at radius 2 is 2.00 bits per heavy atom. The molecule has 0 saturated heterocycles. The van der Waals surface area contributed by atoms with Crippen molar-refractivity contribution in [3.8, 4) is 0 Å². The van der Waals surface area contributed by atoms with Gasteiger partial charge in [0.05, 0.1) is 0 Å². The lowest BCUT2D eigenvalue weighted by molar-refractivity contribution is 0.456. The van der Waals surface area contributed by atoms with E-state index in [0.717, 1.165) is 0 Å². The predicted octanol–water partition coefficient (Wildman–Crippen LogP) is 3.44. The van der Waals surface area contributed by atoms with Crippen LogP contribution in [0.25, 0.3) is 0 Å². The maximum absolute atomic E-state index is 12.9. The second-order valence-electron chi connectivity index (χ2n) is 4.56. The lowest BCUT2D eigenvalue weighted by Gasteiger charge is -2.21. The molecule has 0 heterocycles. The average Bonchev–Trinajstić information content (AvgIpc) is 3.11. The van der Waals surface area contributed by atoms with Crippen molar-refractivity contribution in [2.24, 2.45) is 5.92 Å². The zero-order valence-corrected chi connectivity index (χ0v) is 9.62. The van der Waals surface area contributed by atoms with E-state index in [4.69, 9.17) is 0 Å². The molecule has 0 radical (unpaired) electrons. The highest BCUT2D eigenvalue weighted by molar-refractivity contribution is 5.22.